The topological polar surface area (TPSA) is 49.3 Å². The van der Waals surface area contributed by atoms with Crippen molar-refractivity contribution >= 4 is 40.1 Å². The molecule has 0 bridgehead atoms. The number of carbonyl (C=O) groups is 1. The molecule has 1 aromatic carbocycles. The van der Waals surface area contributed by atoms with Gasteiger partial charge in [0.2, 0.25) is 0 Å². The molecule has 0 saturated heterocycles. The van der Waals surface area contributed by atoms with Crippen LogP contribution in [-0.2, 0) is 0 Å². The van der Waals surface area contributed by atoms with Crippen LogP contribution in [-0.4, -0.2) is 23.2 Å². The van der Waals surface area contributed by atoms with Crippen LogP contribution in [0.25, 0.3) is 0 Å². The average Bonchev–Trinajstić information content (AvgIpc) is 2.48. The Bertz CT molecular complexity index is 513. The van der Waals surface area contributed by atoms with Crippen molar-refractivity contribution in [2.45, 2.75) is 44.6 Å². The van der Waals surface area contributed by atoms with E-state index in [1.54, 1.807) is 12.1 Å². The van der Waals surface area contributed by atoms with Crippen molar-refractivity contribution in [1.82, 2.24) is 5.32 Å². The van der Waals surface area contributed by atoms with Gasteiger partial charge >= 0.3 is 0 Å². The average molecular weight is 422 g/mol. The van der Waals surface area contributed by atoms with Gasteiger partial charge in [-0.1, -0.05) is 24.9 Å². The van der Waals surface area contributed by atoms with Crippen molar-refractivity contribution in [3.05, 3.63) is 32.4 Å². The standard InChI is InChI=1S/C16H21ClINO2/c1-2-11-5-7-16(21,8-6-11)10-19-15(20)13-9-12(17)3-4-14(13)18/h3-4,9,11,21H,2,5-8,10H2,1H3,(H,19,20). The second-order valence-corrected chi connectivity index (χ2v) is 7.48. The van der Waals surface area contributed by atoms with Gasteiger partial charge in [-0.3, -0.25) is 4.79 Å². The molecule has 1 saturated carbocycles. The van der Waals surface area contributed by atoms with E-state index in [1.165, 1.54) is 6.42 Å². The van der Waals surface area contributed by atoms with Crippen LogP contribution < -0.4 is 5.32 Å². The monoisotopic (exact) mass is 421 g/mol. The Morgan fingerprint density at radius 1 is 1.48 bits per heavy atom. The van der Waals surface area contributed by atoms with Crippen LogP contribution in [0.2, 0.25) is 5.02 Å². The van der Waals surface area contributed by atoms with E-state index in [9.17, 15) is 9.90 Å². The summed E-state index contributed by atoms with van der Waals surface area (Å²) >= 11 is 8.05. The molecular formula is C16H21ClINO2. The molecule has 0 heterocycles. The van der Waals surface area contributed by atoms with E-state index in [0.29, 0.717) is 17.1 Å². The van der Waals surface area contributed by atoms with Gasteiger partial charge < -0.3 is 10.4 Å². The maximum atomic E-state index is 12.2. The lowest BCUT2D eigenvalue weighted by molar-refractivity contribution is -0.00787. The summed E-state index contributed by atoms with van der Waals surface area (Å²) in [7, 11) is 0. The molecule has 0 atom stereocenters. The zero-order chi connectivity index (χ0) is 15.5. The minimum Gasteiger partial charge on any atom is -0.388 e. The molecule has 1 aliphatic carbocycles. The zero-order valence-corrected chi connectivity index (χ0v) is 15.1. The summed E-state index contributed by atoms with van der Waals surface area (Å²) in [6.45, 7) is 2.50. The molecule has 0 aromatic heterocycles. The number of nitrogens with one attached hydrogen (secondary N) is 1. The molecule has 116 valence electrons. The molecule has 1 fully saturated rings. The fourth-order valence-electron chi connectivity index (χ4n) is 2.81. The van der Waals surface area contributed by atoms with Crippen molar-refractivity contribution < 1.29 is 9.90 Å². The molecule has 0 radical (unpaired) electrons. The van der Waals surface area contributed by atoms with Crippen molar-refractivity contribution in [2.24, 2.45) is 5.92 Å². The van der Waals surface area contributed by atoms with E-state index < -0.39 is 5.60 Å². The summed E-state index contributed by atoms with van der Waals surface area (Å²) in [4.78, 5) is 12.2. The molecule has 2 rings (SSSR count). The number of halogens is 2. The maximum absolute atomic E-state index is 12.2. The van der Waals surface area contributed by atoms with Crippen molar-refractivity contribution in [1.29, 1.82) is 0 Å². The summed E-state index contributed by atoms with van der Waals surface area (Å²) in [6.07, 6.45) is 4.77. The lowest BCUT2D eigenvalue weighted by atomic mass is 9.78. The molecule has 3 nitrogen and oxygen atoms in total. The minimum absolute atomic E-state index is 0.173. The van der Waals surface area contributed by atoms with Crippen LogP contribution in [0.5, 0.6) is 0 Å². The molecule has 1 aliphatic rings. The van der Waals surface area contributed by atoms with Gasteiger partial charge in [0, 0.05) is 15.1 Å². The van der Waals surface area contributed by atoms with E-state index >= 15 is 0 Å². The molecular weight excluding hydrogens is 401 g/mol. The molecule has 5 heteroatoms. The Labute approximate surface area is 144 Å². The summed E-state index contributed by atoms with van der Waals surface area (Å²) < 4.78 is 0.858. The summed E-state index contributed by atoms with van der Waals surface area (Å²) in [5.74, 6) is 0.544. The Morgan fingerprint density at radius 3 is 2.76 bits per heavy atom. The van der Waals surface area contributed by atoms with E-state index in [1.807, 2.05) is 6.07 Å². The smallest absolute Gasteiger partial charge is 0.252 e. The van der Waals surface area contributed by atoms with Gasteiger partial charge in [0.15, 0.2) is 0 Å². The predicted molar refractivity (Wildman–Crippen MR) is 93.7 cm³/mol. The van der Waals surface area contributed by atoms with Crippen molar-refractivity contribution in [3.8, 4) is 0 Å². The molecule has 1 aromatic rings. The van der Waals surface area contributed by atoms with Crippen molar-refractivity contribution in [3.63, 3.8) is 0 Å². The third kappa shape index (κ3) is 4.57. The first-order valence-electron chi connectivity index (χ1n) is 7.39. The van der Waals surface area contributed by atoms with Gasteiger partial charge in [0.1, 0.15) is 0 Å². The van der Waals surface area contributed by atoms with Crippen LogP contribution in [0.15, 0.2) is 18.2 Å². The van der Waals surface area contributed by atoms with Gasteiger partial charge in [-0.25, -0.2) is 0 Å². The fourth-order valence-corrected chi connectivity index (χ4v) is 3.56. The van der Waals surface area contributed by atoms with E-state index in [4.69, 9.17) is 11.6 Å². The summed E-state index contributed by atoms with van der Waals surface area (Å²) in [5.41, 5.74) is -0.195. The van der Waals surface area contributed by atoms with Gasteiger partial charge in [0.05, 0.1) is 11.2 Å². The quantitative estimate of drug-likeness (QED) is 0.722. The van der Waals surface area contributed by atoms with Crippen LogP contribution >= 0.6 is 34.2 Å². The normalized spacial score (nSPS) is 25.6. The van der Waals surface area contributed by atoms with E-state index in [0.717, 1.165) is 35.2 Å². The molecule has 21 heavy (non-hydrogen) atoms. The van der Waals surface area contributed by atoms with Gasteiger partial charge in [-0.05, 0) is 72.4 Å². The van der Waals surface area contributed by atoms with Crippen LogP contribution in [0.3, 0.4) is 0 Å². The number of hydrogen-bond donors (Lipinski definition) is 2. The predicted octanol–water partition coefficient (Wildman–Crippen LogP) is 4.01. The number of rotatable bonds is 4. The Morgan fingerprint density at radius 2 is 2.14 bits per heavy atom. The molecule has 0 aliphatic heterocycles. The fraction of sp³-hybridized carbons (Fsp3) is 0.562. The zero-order valence-electron chi connectivity index (χ0n) is 12.2. The first-order chi connectivity index (χ1) is 9.93. The first-order valence-corrected chi connectivity index (χ1v) is 8.85. The number of carbonyl (C=O) groups excluding carboxylic acids is 1. The van der Waals surface area contributed by atoms with Crippen LogP contribution in [0.1, 0.15) is 49.4 Å². The highest BCUT2D eigenvalue weighted by Gasteiger charge is 2.33. The van der Waals surface area contributed by atoms with Gasteiger partial charge in [-0.15, -0.1) is 0 Å². The first kappa shape index (κ1) is 17.0. The largest absolute Gasteiger partial charge is 0.388 e. The minimum atomic E-state index is -0.759. The third-order valence-corrected chi connectivity index (χ3v) is 5.54. The van der Waals surface area contributed by atoms with Crippen molar-refractivity contribution in [2.75, 3.05) is 6.54 Å². The van der Waals surface area contributed by atoms with E-state index in [2.05, 4.69) is 34.8 Å². The molecule has 0 spiro atoms. The van der Waals surface area contributed by atoms with Gasteiger partial charge in [0.25, 0.3) is 5.91 Å². The second kappa shape index (κ2) is 7.29. The Hall–Kier alpha value is -0.330. The Balaban J connectivity index is 1.93. The second-order valence-electron chi connectivity index (χ2n) is 5.88. The summed E-state index contributed by atoms with van der Waals surface area (Å²) in [5, 5.41) is 14.0. The maximum Gasteiger partial charge on any atom is 0.252 e. The van der Waals surface area contributed by atoms with Crippen LogP contribution in [0.4, 0.5) is 0 Å². The lowest BCUT2D eigenvalue weighted by Crippen LogP contribution is -2.45. The highest BCUT2D eigenvalue weighted by Crippen LogP contribution is 2.33. The SMILES string of the molecule is CCC1CCC(O)(CNC(=O)c2cc(Cl)ccc2I)CC1. The lowest BCUT2D eigenvalue weighted by Gasteiger charge is -2.35. The number of amides is 1. The highest BCUT2D eigenvalue weighted by molar-refractivity contribution is 14.1. The highest BCUT2D eigenvalue weighted by atomic mass is 127. The molecule has 2 N–H and O–H groups in total. The summed E-state index contributed by atoms with van der Waals surface area (Å²) in [6, 6.07) is 5.25. The van der Waals surface area contributed by atoms with Crippen LogP contribution in [0, 0.1) is 9.49 Å². The van der Waals surface area contributed by atoms with E-state index in [-0.39, 0.29) is 5.91 Å². The third-order valence-electron chi connectivity index (χ3n) is 4.36. The Kier molecular flexibility index (Phi) is 5.91. The number of hydrogen-bond acceptors (Lipinski definition) is 2. The number of benzene rings is 1. The van der Waals surface area contributed by atoms with Gasteiger partial charge in [-0.2, -0.15) is 0 Å². The number of aliphatic hydroxyl groups is 1. The molecule has 1 amide bonds. The molecule has 0 unspecified atom stereocenters.